The second-order valence-electron chi connectivity index (χ2n) is 5.31. The van der Waals surface area contributed by atoms with Crippen LogP contribution in [-0.2, 0) is 0 Å². The van der Waals surface area contributed by atoms with E-state index < -0.39 is 0 Å². The highest BCUT2D eigenvalue weighted by Gasteiger charge is 2.06. The zero-order valence-corrected chi connectivity index (χ0v) is 14.4. The first-order valence-electron chi connectivity index (χ1n) is 7.77. The van der Waals surface area contributed by atoms with Crippen molar-refractivity contribution in [1.82, 2.24) is 4.68 Å². The highest BCUT2D eigenvalue weighted by atomic mass is 32.1. The van der Waals surface area contributed by atoms with E-state index in [1.807, 2.05) is 41.2 Å². The maximum Gasteiger partial charge on any atom is 0.206 e. The van der Waals surface area contributed by atoms with Gasteiger partial charge in [0.15, 0.2) is 0 Å². The van der Waals surface area contributed by atoms with Gasteiger partial charge in [0.25, 0.3) is 0 Å². The summed E-state index contributed by atoms with van der Waals surface area (Å²) in [6.45, 7) is 6.40. The molecule has 24 heavy (non-hydrogen) atoms. The van der Waals surface area contributed by atoms with E-state index in [1.54, 1.807) is 17.4 Å². The van der Waals surface area contributed by atoms with Gasteiger partial charge in [0, 0.05) is 10.9 Å². The van der Waals surface area contributed by atoms with Gasteiger partial charge in [-0.3, -0.25) is 4.99 Å². The largest absolute Gasteiger partial charge is 0.253 e. The number of aromatic nitrogens is 1. The van der Waals surface area contributed by atoms with Crippen molar-refractivity contribution in [3.63, 3.8) is 0 Å². The van der Waals surface area contributed by atoms with Crippen LogP contribution in [0.25, 0.3) is 11.3 Å². The van der Waals surface area contributed by atoms with E-state index in [2.05, 4.69) is 48.1 Å². The number of rotatable bonds is 5. The summed E-state index contributed by atoms with van der Waals surface area (Å²) in [5.41, 5.74) is 4.46. The minimum absolute atomic E-state index is 0.578. The van der Waals surface area contributed by atoms with Crippen LogP contribution in [0.4, 0.5) is 0 Å². The van der Waals surface area contributed by atoms with Gasteiger partial charge in [0.05, 0.1) is 18.5 Å². The molecule has 1 aromatic heterocycles. The Morgan fingerprint density at radius 3 is 2.58 bits per heavy atom. The molecule has 0 spiro atoms. The number of hydrogen-bond acceptors (Lipinski definition) is 3. The molecule has 3 aromatic rings. The second kappa shape index (κ2) is 7.70. The predicted octanol–water partition coefficient (Wildman–Crippen LogP) is 4.49. The molecule has 120 valence electrons. The van der Waals surface area contributed by atoms with E-state index in [4.69, 9.17) is 5.10 Å². The van der Waals surface area contributed by atoms with Crippen molar-refractivity contribution in [2.45, 2.75) is 6.92 Å². The molecule has 0 aliphatic rings. The first-order chi connectivity index (χ1) is 11.8. The van der Waals surface area contributed by atoms with Crippen LogP contribution in [0.15, 0.2) is 82.7 Å². The van der Waals surface area contributed by atoms with Crippen molar-refractivity contribution in [2.75, 3.05) is 6.54 Å². The van der Waals surface area contributed by atoms with Crippen molar-refractivity contribution < 1.29 is 0 Å². The van der Waals surface area contributed by atoms with Crippen LogP contribution >= 0.6 is 11.3 Å². The van der Waals surface area contributed by atoms with Crippen LogP contribution < -0.4 is 4.80 Å². The Balaban J connectivity index is 2.09. The summed E-state index contributed by atoms with van der Waals surface area (Å²) in [6, 6.07) is 18.4. The molecule has 3 nitrogen and oxygen atoms in total. The molecule has 4 heteroatoms. The Kier molecular flexibility index (Phi) is 5.18. The molecule has 0 unspecified atom stereocenters. The Bertz CT molecular complexity index is 917. The van der Waals surface area contributed by atoms with Crippen molar-refractivity contribution in [3.05, 3.63) is 88.6 Å². The Hall–Kier alpha value is -2.72. The molecule has 0 N–H and O–H groups in total. The van der Waals surface area contributed by atoms with Crippen LogP contribution in [0.3, 0.4) is 0 Å². The van der Waals surface area contributed by atoms with Gasteiger partial charge in [0.2, 0.25) is 4.80 Å². The third kappa shape index (κ3) is 3.60. The van der Waals surface area contributed by atoms with Crippen molar-refractivity contribution in [1.29, 1.82) is 0 Å². The van der Waals surface area contributed by atoms with Gasteiger partial charge in [-0.1, -0.05) is 60.7 Å². The molecule has 3 rings (SSSR count). The summed E-state index contributed by atoms with van der Waals surface area (Å²) in [5.74, 6) is 0. The zero-order valence-electron chi connectivity index (χ0n) is 13.6. The molecule has 0 radical (unpaired) electrons. The molecular formula is C20H19N3S. The lowest BCUT2D eigenvalue weighted by Gasteiger charge is -2.04. The fraction of sp³-hybridized carbons (Fsp3) is 0.100. The van der Waals surface area contributed by atoms with Crippen molar-refractivity contribution in [2.24, 2.45) is 10.1 Å². The summed E-state index contributed by atoms with van der Waals surface area (Å²) in [4.78, 5) is 5.42. The van der Waals surface area contributed by atoms with Crippen molar-refractivity contribution >= 4 is 17.6 Å². The number of thiazole rings is 1. The van der Waals surface area contributed by atoms with E-state index in [0.29, 0.717) is 6.54 Å². The number of hydrogen-bond donors (Lipinski definition) is 0. The lowest BCUT2D eigenvalue weighted by Crippen LogP contribution is -2.12. The van der Waals surface area contributed by atoms with Crippen LogP contribution in [-0.4, -0.2) is 17.4 Å². The molecule has 1 heterocycles. The Labute approximate surface area is 146 Å². The standard InChI is InChI=1S/C20H19N3S/c1-3-13-21-20-23(22-14-18-12-8-7-9-16(18)2)19(15-24-20)17-10-5-4-6-11-17/h3-12,14-15H,1,13H2,2H3. The predicted molar refractivity (Wildman–Crippen MR) is 103 cm³/mol. The molecule has 0 atom stereocenters. The molecule has 0 bridgehead atoms. The Morgan fingerprint density at radius 2 is 1.83 bits per heavy atom. The van der Waals surface area contributed by atoms with Gasteiger partial charge in [-0.15, -0.1) is 17.9 Å². The van der Waals surface area contributed by atoms with Crippen LogP contribution in [0.1, 0.15) is 11.1 Å². The molecule has 0 fully saturated rings. The SMILES string of the molecule is C=CCN=c1scc(-c2ccccc2)n1N=Cc1ccccc1C. The minimum Gasteiger partial charge on any atom is -0.253 e. The number of benzene rings is 2. The van der Waals surface area contributed by atoms with E-state index in [-0.39, 0.29) is 0 Å². The van der Waals surface area contributed by atoms with E-state index in [0.717, 1.165) is 21.6 Å². The molecule has 0 saturated carbocycles. The average molecular weight is 333 g/mol. The third-order valence-electron chi connectivity index (χ3n) is 3.61. The summed E-state index contributed by atoms with van der Waals surface area (Å²) in [7, 11) is 0. The quantitative estimate of drug-likeness (QED) is 0.486. The molecule has 0 saturated heterocycles. The van der Waals surface area contributed by atoms with Crippen LogP contribution in [0.5, 0.6) is 0 Å². The normalized spacial score (nSPS) is 12.0. The fourth-order valence-electron chi connectivity index (χ4n) is 2.32. The molecule has 0 aliphatic carbocycles. The molecule has 0 aliphatic heterocycles. The van der Waals surface area contributed by atoms with Gasteiger partial charge >= 0.3 is 0 Å². The van der Waals surface area contributed by atoms with Gasteiger partial charge in [0.1, 0.15) is 0 Å². The second-order valence-corrected chi connectivity index (χ2v) is 6.15. The summed E-state index contributed by atoms with van der Waals surface area (Å²) in [5, 5.41) is 6.79. The first kappa shape index (κ1) is 16.1. The molecule has 0 amide bonds. The maximum atomic E-state index is 4.70. The van der Waals surface area contributed by atoms with Gasteiger partial charge < -0.3 is 0 Å². The summed E-state index contributed by atoms with van der Waals surface area (Å²) < 4.78 is 1.90. The Morgan fingerprint density at radius 1 is 1.08 bits per heavy atom. The van der Waals surface area contributed by atoms with E-state index in [9.17, 15) is 0 Å². The van der Waals surface area contributed by atoms with Gasteiger partial charge in [-0.25, -0.2) is 4.68 Å². The van der Waals surface area contributed by atoms with Gasteiger partial charge in [-0.05, 0) is 18.1 Å². The minimum atomic E-state index is 0.578. The smallest absolute Gasteiger partial charge is 0.206 e. The third-order valence-corrected chi connectivity index (χ3v) is 4.47. The summed E-state index contributed by atoms with van der Waals surface area (Å²) >= 11 is 1.59. The van der Waals surface area contributed by atoms with E-state index in [1.165, 1.54) is 5.56 Å². The first-order valence-corrected chi connectivity index (χ1v) is 8.65. The monoisotopic (exact) mass is 333 g/mol. The number of aryl methyl sites for hydroxylation is 1. The lowest BCUT2D eigenvalue weighted by atomic mass is 10.1. The summed E-state index contributed by atoms with van der Waals surface area (Å²) in [6.07, 6.45) is 3.68. The molecule has 2 aromatic carbocycles. The lowest BCUT2D eigenvalue weighted by molar-refractivity contribution is 0.840. The average Bonchev–Trinajstić information content (AvgIpc) is 3.03. The van der Waals surface area contributed by atoms with Crippen molar-refractivity contribution in [3.8, 4) is 11.3 Å². The zero-order chi connectivity index (χ0) is 16.8. The molecular weight excluding hydrogens is 314 g/mol. The highest BCUT2D eigenvalue weighted by Crippen LogP contribution is 2.19. The maximum absolute atomic E-state index is 4.70. The topological polar surface area (TPSA) is 29.6 Å². The highest BCUT2D eigenvalue weighted by molar-refractivity contribution is 7.07. The van der Waals surface area contributed by atoms with Crippen LogP contribution in [0.2, 0.25) is 0 Å². The van der Waals surface area contributed by atoms with Gasteiger partial charge in [-0.2, -0.15) is 5.10 Å². The van der Waals surface area contributed by atoms with E-state index >= 15 is 0 Å². The fourth-order valence-corrected chi connectivity index (χ4v) is 3.17. The van der Waals surface area contributed by atoms with Crippen LogP contribution in [0, 0.1) is 6.92 Å². The number of nitrogens with zero attached hydrogens (tertiary/aromatic N) is 3.